The number of fused-ring (bicyclic) bond motifs is 1. The Balaban J connectivity index is 0.000000251. The predicted octanol–water partition coefficient (Wildman–Crippen LogP) is 2.46. The standard InChI is InChI=1S/C20H20N4O.2C2HF3O2/c25-20(22-19(14-4-5-14)15-6-7-15)17-11-21-9-8-18(17)24-12-16-3-1-2-10-23(16)13-24;2*3-2(4,5)1(6)7/h1-3,8-15,19H,4-7H2;2*(H,6,7). The van der Waals surface area contributed by atoms with Crippen molar-refractivity contribution in [3.8, 4) is 5.69 Å². The van der Waals surface area contributed by atoms with Gasteiger partial charge in [-0.3, -0.25) is 9.78 Å². The number of halogens is 6. The highest BCUT2D eigenvalue weighted by Gasteiger charge is 2.42. The Labute approximate surface area is 216 Å². The summed E-state index contributed by atoms with van der Waals surface area (Å²) < 4.78 is 67.3. The predicted molar refractivity (Wildman–Crippen MR) is 118 cm³/mol. The number of nitrogens with one attached hydrogen (secondary N) is 1. The summed E-state index contributed by atoms with van der Waals surface area (Å²) in [6.45, 7) is 0. The van der Waals surface area contributed by atoms with Crippen molar-refractivity contribution in [2.24, 2.45) is 11.8 Å². The van der Waals surface area contributed by atoms with E-state index in [1.807, 2.05) is 52.0 Å². The van der Waals surface area contributed by atoms with Crippen molar-refractivity contribution in [2.45, 2.75) is 44.1 Å². The van der Waals surface area contributed by atoms with Crippen molar-refractivity contribution in [2.75, 3.05) is 0 Å². The summed E-state index contributed by atoms with van der Waals surface area (Å²) in [6, 6.07) is 8.30. The zero-order valence-electron chi connectivity index (χ0n) is 19.9. The van der Waals surface area contributed by atoms with Crippen LogP contribution in [0, 0.1) is 11.8 Å². The molecule has 2 N–H and O–H groups in total. The molecule has 2 saturated carbocycles. The molecule has 0 radical (unpaired) electrons. The molecule has 0 aliphatic heterocycles. The molecule has 2 aliphatic rings. The molecule has 0 spiro atoms. The number of carbonyl (C=O) groups excluding carboxylic acids is 2. The number of carboxylic acid groups (broad SMARTS) is 2. The van der Waals surface area contributed by atoms with Crippen LogP contribution in [-0.2, 0) is 9.59 Å². The number of aromatic nitrogens is 3. The molecule has 210 valence electrons. The second-order valence-electron chi connectivity index (χ2n) is 8.84. The number of imidazole rings is 1. The van der Waals surface area contributed by atoms with Crippen molar-refractivity contribution < 1.29 is 55.5 Å². The van der Waals surface area contributed by atoms with Gasteiger partial charge in [0.25, 0.3) is 12.2 Å². The van der Waals surface area contributed by atoms with Crippen LogP contribution in [0.5, 0.6) is 0 Å². The van der Waals surface area contributed by atoms with Crippen molar-refractivity contribution in [1.29, 1.82) is 0 Å². The van der Waals surface area contributed by atoms with Crippen LogP contribution in [0.25, 0.3) is 11.2 Å². The number of carboxylic acids is 2. The molecule has 0 atom stereocenters. The van der Waals surface area contributed by atoms with Gasteiger partial charge in [0.2, 0.25) is 0 Å². The second kappa shape index (κ2) is 11.7. The van der Waals surface area contributed by atoms with E-state index in [2.05, 4.69) is 10.3 Å². The topological polar surface area (TPSA) is 128 Å². The highest BCUT2D eigenvalue weighted by Crippen LogP contribution is 2.44. The minimum Gasteiger partial charge on any atom is -0.542 e. The Bertz CT molecular complexity index is 1260. The molecule has 0 aromatic carbocycles. The summed E-state index contributed by atoms with van der Waals surface area (Å²) in [5.41, 5.74) is 2.58. The van der Waals surface area contributed by atoms with Crippen LogP contribution in [-0.4, -0.2) is 50.7 Å². The van der Waals surface area contributed by atoms with E-state index >= 15 is 0 Å². The van der Waals surface area contributed by atoms with Gasteiger partial charge in [-0.1, -0.05) is 6.07 Å². The molecule has 1 amide bonds. The Hall–Kier alpha value is -4.17. The molecule has 3 heterocycles. The van der Waals surface area contributed by atoms with Gasteiger partial charge < -0.3 is 20.3 Å². The lowest BCUT2D eigenvalue weighted by molar-refractivity contribution is -0.594. The first-order chi connectivity index (χ1) is 18.2. The van der Waals surface area contributed by atoms with Crippen LogP contribution in [0.2, 0.25) is 0 Å². The summed E-state index contributed by atoms with van der Waals surface area (Å²) in [6.07, 6.45) is 4.16. The first-order valence-electron chi connectivity index (χ1n) is 11.5. The number of carbonyl (C=O) groups is 3. The Morgan fingerprint density at radius 1 is 1.03 bits per heavy atom. The van der Waals surface area contributed by atoms with E-state index in [9.17, 15) is 31.1 Å². The van der Waals surface area contributed by atoms with Gasteiger partial charge in [0.15, 0.2) is 5.52 Å². The van der Waals surface area contributed by atoms with Crippen LogP contribution in [0.1, 0.15) is 36.0 Å². The number of pyridine rings is 2. The summed E-state index contributed by atoms with van der Waals surface area (Å²) in [5, 5.41) is 19.2. The minimum atomic E-state index is -5.19. The Kier molecular flexibility index (Phi) is 8.81. The van der Waals surface area contributed by atoms with E-state index in [0.717, 1.165) is 11.2 Å². The normalized spacial score (nSPS) is 15.1. The van der Waals surface area contributed by atoms with E-state index in [1.54, 1.807) is 12.4 Å². The first kappa shape index (κ1) is 29.4. The lowest BCUT2D eigenvalue weighted by Gasteiger charge is -2.18. The third kappa shape index (κ3) is 8.41. The van der Waals surface area contributed by atoms with Crippen LogP contribution < -0.4 is 15.0 Å². The summed E-state index contributed by atoms with van der Waals surface area (Å²) >= 11 is 0. The van der Waals surface area contributed by atoms with Gasteiger partial charge in [0.05, 0.1) is 6.20 Å². The van der Waals surface area contributed by atoms with Gasteiger partial charge in [-0.25, -0.2) is 13.8 Å². The van der Waals surface area contributed by atoms with E-state index < -0.39 is 24.3 Å². The monoisotopic (exact) mass is 560 g/mol. The smallest absolute Gasteiger partial charge is 0.490 e. The van der Waals surface area contributed by atoms with Crippen LogP contribution >= 0.6 is 0 Å². The highest BCUT2D eigenvalue weighted by molar-refractivity contribution is 5.96. The van der Waals surface area contributed by atoms with Gasteiger partial charge in [-0.05, 0) is 49.7 Å². The van der Waals surface area contributed by atoms with E-state index in [1.165, 1.54) is 25.7 Å². The molecule has 39 heavy (non-hydrogen) atoms. The highest BCUT2D eigenvalue weighted by atomic mass is 19.4. The van der Waals surface area contributed by atoms with Crippen molar-refractivity contribution >= 4 is 23.4 Å². The number of hydrogen-bond acceptors (Lipinski definition) is 5. The third-order valence-corrected chi connectivity index (χ3v) is 5.80. The zero-order chi connectivity index (χ0) is 29.0. The molecule has 9 nitrogen and oxygen atoms in total. The van der Waals surface area contributed by atoms with Crippen LogP contribution in [0.3, 0.4) is 0 Å². The number of hydrogen-bond donors (Lipinski definition) is 2. The summed E-state index contributed by atoms with van der Waals surface area (Å²) in [7, 11) is 0. The average molecular weight is 560 g/mol. The fourth-order valence-corrected chi connectivity index (χ4v) is 3.67. The molecule has 0 bridgehead atoms. The maximum absolute atomic E-state index is 13.0. The number of alkyl halides is 6. The second-order valence-corrected chi connectivity index (χ2v) is 8.84. The Morgan fingerprint density at radius 3 is 2.05 bits per heavy atom. The van der Waals surface area contributed by atoms with Crippen LogP contribution in [0.15, 0.2) is 55.4 Å². The molecular formula is C24H22F6N4O5. The SMILES string of the molecule is O=C(NC(C1CC1)C1CC1)c1cnccc1-[n+]1cc2ccccn2c1.O=C(O)C(F)(F)F.O=C([O-])C(F)(F)F. The molecule has 2 fully saturated rings. The number of amides is 1. The summed E-state index contributed by atoms with van der Waals surface area (Å²) in [4.78, 5) is 34.8. The zero-order valence-corrected chi connectivity index (χ0v) is 19.9. The van der Waals surface area contributed by atoms with E-state index in [-0.39, 0.29) is 5.91 Å². The average Bonchev–Trinajstić information content (AvgIpc) is 3.79. The Morgan fingerprint density at radius 2 is 1.59 bits per heavy atom. The lowest BCUT2D eigenvalue weighted by atomic mass is 10.1. The van der Waals surface area contributed by atoms with Gasteiger partial charge in [0, 0.05) is 24.5 Å². The molecule has 15 heteroatoms. The van der Waals surface area contributed by atoms with Crippen molar-refractivity contribution in [3.05, 3.63) is 60.9 Å². The van der Waals surface area contributed by atoms with Gasteiger partial charge in [-0.15, -0.1) is 0 Å². The van der Waals surface area contributed by atoms with Gasteiger partial charge in [0.1, 0.15) is 23.4 Å². The molecule has 5 rings (SSSR count). The number of nitrogens with zero attached hydrogens (tertiary/aromatic N) is 3. The van der Waals surface area contributed by atoms with Gasteiger partial charge >= 0.3 is 18.3 Å². The van der Waals surface area contributed by atoms with Gasteiger partial charge in [-0.2, -0.15) is 26.3 Å². The molecule has 3 aromatic heterocycles. The maximum atomic E-state index is 13.0. The quantitative estimate of drug-likeness (QED) is 0.365. The number of rotatable bonds is 5. The molecule has 0 saturated heterocycles. The van der Waals surface area contributed by atoms with Crippen molar-refractivity contribution in [3.63, 3.8) is 0 Å². The first-order valence-corrected chi connectivity index (χ1v) is 11.5. The number of aliphatic carboxylic acids is 2. The molecular weight excluding hydrogens is 538 g/mol. The van der Waals surface area contributed by atoms with Crippen LogP contribution in [0.4, 0.5) is 26.3 Å². The van der Waals surface area contributed by atoms with E-state index in [4.69, 9.17) is 19.8 Å². The minimum absolute atomic E-state index is 0.00495. The molecule has 3 aromatic rings. The fourth-order valence-electron chi connectivity index (χ4n) is 3.67. The lowest BCUT2D eigenvalue weighted by Crippen LogP contribution is -2.40. The van der Waals surface area contributed by atoms with E-state index in [0.29, 0.717) is 23.4 Å². The maximum Gasteiger partial charge on any atom is 0.490 e. The van der Waals surface area contributed by atoms with Crippen molar-refractivity contribution in [1.82, 2.24) is 14.7 Å². The molecule has 0 unspecified atom stereocenters. The third-order valence-electron chi connectivity index (χ3n) is 5.80. The summed E-state index contributed by atoms with van der Waals surface area (Å²) in [5.74, 6) is -4.41. The fraction of sp³-hybridized carbons (Fsp3) is 0.375. The molecule has 2 aliphatic carbocycles. The largest absolute Gasteiger partial charge is 0.542 e.